The summed E-state index contributed by atoms with van der Waals surface area (Å²) in [4.78, 5) is 17.8. The quantitative estimate of drug-likeness (QED) is 0.583. The number of hydrogen-bond donors (Lipinski definition) is 0. The molecular formula is C24H37N3O3S. The van der Waals surface area contributed by atoms with Crippen LogP contribution in [0.4, 0.5) is 0 Å². The van der Waals surface area contributed by atoms with Gasteiger partial charge in [-0.15, -0.1) is 0 Å². The van der Waals surface area contributed by atoms with Crippen LogP contribution in [-0.2, 0) is 14.8 Å². The van der Waals surface area contributed by atoms with Gasteiger partial charge in [0.25, 0.3) is 0 Å². The fourth-order valence-electron chi connectivity index (χ4n) is 4.87. The minimum atomic E-state index is -3.52. The van der Waals surface area contributed by atoms with Crippen LogP contribution in [0.2, 0.25) is 0 Å². The molecule has 0 aromatic heterocycles. The van der Waals surface area contributed by atoms with Gasteiger partial charge >= 0.3 is 0 Å². The molecule has 1 aliphatic carbocycles. The Morgan fingerprint density at radius 1 is 1.06 bits per heavy atom. The molecule has 172 valence electrons. The van der Waals surface area contributed by atoms with Gasteiger partial charge < -0.3 is 9.80 Å². The second-order valence-electron chi connectivity index (χ2n) is 9.74. The standard InChI is InChI=1S/C24H37N3O3S/c1-19(2)20-8-10-23(11-9-20)31(29,30)26-17-12-22(18-26)27(24(28)21-6-7-21)16-5-15-25-13-3-4-14-25/h8-11,19,21-22H,3-7,12-18H2,1-2H3. The highest BCUT2D eigenvalue weighted by Crippen LogP contribution is 2.33. The normalized spacial score (nSPS) is 23.0. The monoisotopic (exact) mass is 447 g/mol. The van der Waals surface area contributed by atoms with Crippen LogP contribution in [0.25, 0.3) is 0 Å². The van der Waals surface area contributed by atoms with E-state index < -0.39 is 10.0 Å². The topological polar surface area (TPSA) is 60.9 Å². The van der Waals surface area contributed by atoms with Crippen molar-refractivity contribution in [2.75, 3.05) is 39.3 Å². The number of carbonyl (C=O) groups excluding carboxylic acids is 1. The Labute approximate surface area is 187 Å². The van der Waals surface area contributed by atoms with Gasteiger partial charge in [-0.05, 0) is 81.8 Å². The average Bonchev–Trinajstić information content (AvgIpc) is 3.25. The summed E-state index contributed by atoms with van der Waals surface area (Å²) in [5.74, 6) is 0.781. The molecular weight excluding hydrogens is 410 g/mol. The zero-order valence-electron chi connectivity index (χ0n) is 19.0. The minimum absolute atomic E-state index is 0.00334. The van der Waals surface area contributed by atoms with Crippen LogP contribution in [0.5, 0.6) is 0 Å². The molecule has 0 radical (unpaired) electrons. The summed E-state index contributed by atoms with van der Waals surface area (Å²) < 4.78 is 28.0. The average molecular weight is 448 g/mol. The summed E-state index contributed by atoms with van der Waals surface area (Å²) in [6, 6.07) is 7.26. The predicted molar refractivity (Wildman–Crippen MR) is 122 cm³/mol. The maximum Gasteiger partial charge on any atom is 0.243 e. The Morgan fingerprint density at radius 3 is 2.35 bits per heavy atom. The van der Waals surface area contributed by atoms with E-state index in [0.717, 1.165) is 44.3 Å². The summed E-state index contributed by atoms with van der Waals surface area (Å²) in [5.41, 5.74) is 1.14. The zero-order valence-corrected chi connectivity index (χ0v) is 19.8. The van der Waals surface area contributed by atoms with Crippen LogP contribution in [0.15, 0.2) is 29.2 Å². The lowest BCUT2D eigenvalue weighted by Crippen LogP contribution is -2.44. The number of sulfonamides is 1. The van der Waals surface area contributed by atoms with Gasteiger partial charge in [0.1, 0.15) is 0 Å². The van der Waals surface area contributed by atoms with Gasteiger partial charge in [-0.25, -0.2) is 8.42 Å². The SMILES string of the molecule is CC(C)c1ccc(S(=O)(=O)N2CCC(N(CCCN3CCCC3)C(=O)C3CC3)C2)cc1. The van der Waals surface area contributed by atoms with E-state index in [4.69, 9.17) is 0 Å². The van der Waals surface area contributed by atoms with Crippen LogP contribution in [0.3, 0.4) is 0 Å². The van der Waals surface area contributed by atoms with Crippen molar-refractivity contribution in [1.82, 2.24) is 14.1 Å². The van der Waals surface area contributed by atoms with E-state index >= 15 is 0 Å². The van der Waals surface area contributed by atoms with Gasteiger partial charge in [-0.1, -0.05) is 26.0 Å². The molecule has 2 heterocycles. The van der Waals surface area contributed by atoms with Gasteiger partial charge in [0.2, 0.25) is 15.9 Å². The maximum absolute atomic E-state index is 13.2. The molecule has 1 atom stereocenters. The lowest BCUT2D eigenvalue weighted by atomic mass is 10.0. The van der Waals surface area contributed by atoms with Gasteiger partial charge in [0.15, 0.2) is 0 Å². The van der Waals surface area contributed by atoms with Crippen LogP contribution < -0.4 is 0 Å². The first-order chi connectivity index (χ1) is 14.9. The van der Waals surface area contributed by atoms with E-state index in [-0.39, 0.29) is 17.9 Å². The molecule has 1 saturated carbocycles. The van der Waals surface area contributed by atoms with Crippen molar-refractivity contribution in [3.8, 4) is 0 Å². The van der Waals surface area contributed by atoms with Gasteiger partial charge in [0, 0.05) is 31.6 Å². The molecule has 1 aromatic rings. The number of benzene rings is 1. The van der Waals surface area contributed by atoms with Crippen LogP contribution in [0.1, 0.15) is 63.9 Å². The van der Waals surface area contributed by atoms with Crippen LogP contribution >= 0.6 is 0 Å². The van der Waals surface area contributed by atoms with E-state index in [2.05, 4.69) is 18.7 Å². The van der Waals surface area contributed by atoms with Crippen molar-refractivity contribution in [1.29, 1.82) is 0 Å². The third-order valence-corrected chi connectivity index (χ3v) is 8.91. The molecule has 2 saturated heterocycles. The first kappa shape index (κ1) is 22.7. The molecule has 0 bridgehead atoms. The number of amides is 1. The van der Waals surface area contributed by atoms with Crippen molar-refractivity contribution in [3.05, 3.63) is 29.8 Å². The molecule has 0 N–H and O–H groups in total. The highest BCUT2D eigenvalue weighted by atomic mass is 32.2. The lowest BCUT2D eigenvalue weighted by molar-refractivity contribution is -0.134. The molecule has 31 heavy (non-hydrogen) atoms. The summed E-state index contributed by atoms with van der Waals surface area (Å²) in [6.07, 6.45) is 6.22. The number of carbonyl (C=O) groups is 1. The van der Waals surface area contributed by atoms with Crippen molar-refractivity contribution in [2.24, 2.45) is 5.92 Å². The highest BCUT2D eigenvalue weighted by Gasteiger charge is 2.41. The molecule has 0 spiro atoms. The Kier molecular flexibility index (Phi) is 7.04. The molecule has 6 nitrogen and oxygen atoms in total. The van der Waals surface area contributed by atoms with E-state index in [1.165, 1.54) is 25.9 Å². The lowest BCUT2D eigenvalue weighted by Gasteiger charge is -2.30. The first-order valence-electron chi connectivity index (χ1n) is 12.0. The Hall–Kier alpha value is -1.44. The largest absolute Gasteiger partial charge is 0.338 e. The molecule has 1 aromatic carbocycles. The molecule has 7 heteroatoms. The van der Waals surface area contributed by atoms with E-state index in [0.29, 0.717) is 23.9 Å². The summed E-state index contributed by atoms with van der Waals surface area (Å²) in [6.45, 7) is 9.21. The maximum atomic E-state index is 13.2. The van der Waals surface area contributed by atoms with Gasteiger partial charge in [0.05, 0.1) is 4.90 Å². The van der Waals surface area contributed by atoms with Crippen molar-refractivity contribution in [3.63, 3.8) is 0 Å². The summed E-state index contributed by atoms with van der Waals surface area (Å²) >= 11 is 0. The second kappa shape index (κ2) is 9.59. The predicted octanol–water partition coefficient (Wildman–Crippen LogP) is 3.30. The number of hydrogen-bond acceptors (Lipinski definition) is 4. The number of nitrogens with zero attached hydrogens (tertiary/aromatic N) is 3. The van der Waals surface area contributed by atoms with Crippen LogP contribution in [-0.4, -0.2) is 73.7 Å². The third-order valence-electron chi connectivity index (χ3n) is 7.03. The fraction of sp³-hybridized carbons (Fsp3) is 0.708. The smallest absolute Gasteiger partial charge is 0.243 e. The Bertz CT molecular complexity index is 859. The highest BCUT2D eigenvalue weighted by molar-refractivity contribution is 7.89. The Balaban J connectivity index is 1.40. The molecule has 4 rings (SSSR count). The van der Waals surface area contributed by atoms with Crippen molar-refractivity contribution >= 4 is 15.9 Å². The van der Waals surface area contributed by atoms with E-state index in [1.54, 1.807) is 16.4 Å². The second-order valence-corrected chi connectivity index (χ2v) is 11.7. The molecule has 3 fully saturated rings. The van der Waals surface area contributed by atoms with Crippen molar-refractivity contribution < 1.29 is 13.2 Å². The molecule has 1 unspecified atom stereocenters. The van der Waals surface area contributed by atoms with E-state index in [1.807, 2.05) is 17.0 Å². The molecule has 2 aliphatic heterocycles. The zero-order chi connectivity index (χ0) is 22.0. The first-order valence-corrected chi connectivity index (χ1v) is 13.4. The fourth-order valence-corrected chi connectivity index (χ4v) is 6.36. The summed E-state index contributed by atoms with van der Waals surface area (Å²) in [7, 11) is -3.52. The third kappa shape index (κ3) is 5.32. The Morgan fingerprint density at radius 2 is 1.74 bits per heavy atom. The summed E-state index contributed by atoms with van der Waals surface area (Å²) in [5, 5.41) is 0. The van der Waals surface area contributed by atoms with Crippen molar-refractivity contribution in [2.45, 2.75) is 69.2 Å². The molecule has 1 amide bonds. The minimum Gasteiger partial charge on any atom is -0.338 e. The van der Waals surface area contributed by atoms with Crippen LogP contribution in [0, 0.1) is 5.92 Å². The van der Waals surface area contributed by atoms with Gasteiger partial charge in [-0.2, -0.15) is 4.31 Å². The van der Waals surface area contributed by atoms with E-state index in [9.17, 15) is 13.2 Å². The number of likely N-dealkylation sites (tertiary alicyclic amines) is 1. The number of rotatable bonds is 9. The van der Waals surface area contributed by atoms with Gasteiger partial charge in [-0.3, -0.25) is 4.79 Å². The molecule has 3 aliphatic rings.